The summed E-state index contributed by atoms with van der Waals surface area (Å²) in [6.07, 6.45) is 1.53. The number of rotatable bonds is 7. The number of aryl methyl sites for hydroxylation is 1. The van der Waals surface area contributed by atoms with Crippen LogP contribution in [0.1, 0.15) is 10.7 Å². The molecule has 0 spiro atoms. The maximum atomic E-state index is 12.6. The van der Waals surface area contributed by atoms with E-state index in [2.05, 4.69) is 24.3 Å². The molecular formula is C15H14N6O4S4. The predicted molar refractivity (Wildman–Crippen MR) is 109 cm³/mol. The van der Waals surface area contributed by atoms with E-state index in [1.807, 2.05) is 6.92 Å². The highest BCUT2D eigenvalue weighted by molar-refractivity contribution is 8.01. The molecule has 14 heteroatoms. The Morgan fingerprint density at radius 1 is 1.41 bits per heavy atom. The minimum Gasteiger partial charge on any atom is -0.477 e. The number of aromatic nitrogens is 4. The Hall–Kier alpha value is -2.03. The summed E-state index contributed by atoms with van der Waals surface area (Å²) in [5.41, 5.74) is 1.19. The topological polar surface area (TPSA) is 138 Å². The van der Waals surface area contributed by atoms with E-state index in [0.717, 1.165) is 21.1 Å². The molecule has 0 saturated carbocycles. The molecule has 10 nitrogen and oxygen atoms in total. The molecule has 1 saturated heterocycles. The SMILES string of the molecule is Cc1nnc(SCC2=C(C(=O)O)N3C(=O)C(NC(=O)Cc4cnsn4)[C@H]3SC2)s1. The van der Waals surface area contributed by atoms with E-state index < -0.39 is 23.3 Å². The van der Waals surface area contributed by atoms with E-state index in [0.29, 0.717) is 22.8 Å². The van der Waals surface area contributed by atoms with Crippen molar-refractivity contribution in [3.05, 3.63) is 28.2 Å². The second kappa shape index (κ2) is 8.38. The largest absolute Gasteiger partial charge is 0.477 e. The van der Waals surface area contributed by atoms with Gasteiger partial charge in [-0.15, -0.1) is 22.0 Å². The van der Waals surface area contributed by atoms with Gasteiger partial charge in [0.15, 0.2) is 4.34 Å². The first kappa shape index (κ1) is 20.3. The number of β-lactam (4-membered cyclic amide) rings is 1. The van der Waals surface area contributed by atoms with E-state index in [9.17, 15) is 19.5 Å². The Labute approximate surface area is 181 Å². The fraction of sp³-hybridized carbons (Fsp3) is 0.400. The van der Waals surface area contributed by atoms with E-state index in [1.165, 1.54) is 46.0 Å². The number of carbonyl (C=O) groups excluding carboxylic acids is 2. The van der Waals surface area contributed by atoms with Gasteiger partial charge >= 0.3 is 5.97 Å². The zero-order valence-corrected chi connectivity index (χ0v) is 18.2. The van der Waals surface area contributed by atoms with Crippen LogP contribution in [0.2, 0.25) is 0 Å². The second-order valence-electron chi connectivity index (χ2n) is 6.16. The Bertz CT molecular complexity index is 991. The number of carbonyl (C=O) groups is 3. The van der Waals surface area contributed by atoms with Crippen LogP contribution in [0.15, 0.2) is 21.8 Å². The highest BCUT2D eigenvalue weighted by atomic mass is 32.2. The number of thioether (sulfide) groups is 2. The van der Waals surface area contributed by atoms with Crippen molar-refractivity contribution < 1.29 is 19.5 Å². The van der Waals surface area contributed by atoms with Crippen molar-refractivity contribution in [2.75, 3.05) is 11.5 Å². The Balaban J connectivity index is 1.44. The lowest BCUT2D eigenvalue weighted by Crippen LogP contribution is -2.70. The Kier molecular flexibility index (Phi) is 5.85. The zero-order valence-electron chi connectivity index (χ0n) is 14.9. The van der Waals surface area contributed by atoms with E-state index >= 15 is 0 Å². The normalized spacial score (nSPS) is 21.0. The van der Waals surface area contributed by atoms with Gasteiger partial charge in [-0.3, -0.25) is 14.5 Å². The van der Waals surface area contributed by atoms with E-state index in [4.69, 9.17) is 0 Å². The van der Waals surface area contributed by atoms with Crippen LogP contribution in [0.3, 0.4) is 0 Å². The van der Waals surface area contributed by atoms with Crippen LogP contribution in [0.25, 0.3) is 0 Å². The third kappa shape index (κ3) is 4.15. The molecule has 2 aliphatic heterocycles. The third-order valence-electron chi connectivity index (χ3n) is 4.19. The van der Waals surface area contributed by atoms with E-state index in [1.54, 1.807) is 0 Å². The van der Waals surface area contributed by atoms with Gasteiger partial charge in [0.05, 0.1) is 30.0 Å². The average molecular weight is 471 g/mol. The van der Waals surface area contributed by atoms with Gasteiger partial charge in [-0.1, -0.05) is 23.1 Å². The first-order valence-electron chi connectivity index (χ1n) is 8.32. The van der Waals surface area contributed by atoms with Crippen LogP contribution in [-0.4, -0.2) is 69.7 Å². The molecule has 2 aromatic heterocycles. The van der Waals surface area contributed by atoms with Crippen molar-refractivity contribution >= 4 is 64.4 Å². The third-order valence-corrected chi connectivity index (χ3v) is 8.11. The molecule has 0 aliphatic carbocycles. The number of fused-ring (bicyclic) bond motifs is 1. The summed E-state index contributed by atoms with van der Waals surface area (Å²) >= 11 is 5.29. The molecule has 2 atom stereocenters. The summed E-state index contributed by atoms with van der Waals surface area (Å²) < 4.78 is 8.56. The van der Waals surface area contributed by atoms with Gasteiger partial charge in [-0.25, -0.2) is 4.79 Å². The monoisotopic (exact) mass is 470 g/mol. The lowest BCUT2D eigenvalue weighted by atomic mass is 10.0. The van der Waals surface area contributed by atoms with Crippen LogP contribution < -0.4 is 5.32 Å². The molecule has 1 fully saturated rings. The highest BCUT2D eigenvalue weighted by Gasteiger charge is 2.54. The maximum absolute atomic E-state index is 12.6. The molecule has 0 aromatic carbocycles. The molecule has 0 bridgehead atoms. The smallest absolute Gasteiger partial charge is 0.352 e. The average Bonchev–Trinajstić information content (AvgIpc) is 3.35. The van der Waals surface area contributed by atoms with Crippen LogP contribution in [0, 0.1) is 6.92 Å². The van der Waals surface area contributed by atoms with E-state index in [-0.39, 0.29) is 18.0 Å². The number of carboxylic acid groups (broad SMARTS) is 1. The summed E-state index contributed by atoms with van der Waals surface area (Å²) in [7, 11) is 0. The highest BCUT2D eigenvalue weighted by Crippen LogP contribution is 2.41. The fourth-order valence-electron chi connectivity index (χ4n) is 2.93. The summed E-state index contributed by atoms with van der Waals surface area (Å²) in [5, 5.41) is 20.8. The molecular weight excluding hydrogens is 456 g/mol. The molecule has 2 N–H and O–H groups in total. The molecule has 1 unspecified atom stereocenters. The quantitative estimate of drug-likeness (QED) is 0.441. The van der Waals surface area contributed by atoms with Gasteiger partial charge in [0.2, 0.25) is 5.91 Å². The number of amides is 2. The number of hydrogen-bond acceptors (Lipinski definition) is 11. The number of nitrogens with zero attached hydrogens (tertiary/aromatic N) is 5. The summed E-state index contributed by atoms with van der Waals surface area (Å²) in [4.78, 5) is 37.9. The van der Waals surface area contributed by atoms with Gasteiger partial charge in [0.25, 0.3) is 5.91 Å². The second-order valence-corrected chi connectivity index (χ2v) is 10.2. The lowest BCUT2D eigenvalue weighted by Gasteiger charge is -2.49. The molecule has 29 heavy (non-hydrogen) atoms. The van der Waals surface area contributed by atoms with Crippen molar-refractivity contribution in [1.82, 2.24) is 29.2 Å². The Morgan fingerprint density at radius 3 is 2.90 bits per heavy atom. The molecule has 2 amide bonds. The maximum Gasteiger partial charge on any atom is 0.352 e. The number of carboxylic acids is 1. The molecule has 152 valence electrons. The Morgan fingerprint density at radius 2 is 2.24 bits per heavy atom. The minimum atomic E-state index is -1.15. The van der Waals surface area contributed by atoms with Gasteiger partial charge in [0.1, 0.15) is 22.1 Å². The number of nitrogens with one attached hydrogen (secondary N) is 1. The van der Waals surface area contributed by atoms with Crippen molar-refractivity contribution in [3.8, 4) is 0 Å². The van der Waals surface area contributed by atoms with Crippen molar-refractivity contribution in [2.24, 2.45) is 0 Å². The number of aliphatic carboxylic acids is 1. The predicted octanol–water partition coefficient (Wildman–Crippen LogP) is 0.771. The molecule has 0 radical (unpaired) electrons. The van der Waals surface area contributed by atoms with Gasteiger partial charge in [0, 0.05) is 11.5 Å². The summed E-state index contributed by atoms with van der Waals surface area (Å²) in [6.45, 7) is 1.85. The molecule has 4 heterocycles. The minimum absolute atomic E-state index is 0.00156. The van der Waals surface area contributed by atoms with Crippen LogP contribution in [0.5, 0.6) is 0 Å². The summed E-state index contributed by atoms with van der Waals surface area (Å²) in [6, 6.07) is -0.742. The zero-order chi connectivity index (χ0) is 20.5. The summed E-state index contributed by atoms with van der Waals surface area (Å²) in [5.74, 6) is -1.04. The van der Waals surface area contributed by atoms with Crippen molar-refractivity contribution in [1.29, 1.82) is 0 Å². The van der Waals surface area contributed by atoms with Crippen LogP contribution >= 0.6 is 46.6 Å². The number of hydrogen-bond donors (Lipinski definition) is 2. The first-order valence-corrected chi connectivity index (χ1v) is 11.9. The van der Waals surface area contributed by atoms with Crippen molar-refractivity contribution in [3.63, 3.8) is 0 Å². The van der Waals surface area contributed by atoms with Crippen molar-refractivity contribution in [2.45, 2.75) is 29.1 Å². The first-order chi connectivity index (χ1) is 13.9. The van der Waals surface area contributed by atoms with Crippen LogP contribution in [-0.2, 0) is 20.8 Å². The van der Waals surface area contributed by atoms with Gasteiger partial charge < -0.3 is 10.4 Å². The molecule has 4 rings (SSSR count). The van der Waals surface area contributed by atoms with Gasteiger partial charge in [-0.05, 0) is 12.5 Å². The fourth-order valence-corrected chi connectivity index (χ4v) is 6.66. The lowest BCUT2D eigenvalue weighted by molar-refractivity contribution is -0.150. The van der Waals surface area contributed by atoms with Crippen LogP contribution in [0.4, 0.5) is 0 Å². The standard InChI is InChI=1S/C15H14N6O4S4/c1-6-18-19-15(28-6)27-5-7-4-26-13-10(12(23)21(13)11(7)14(24)25)17-9(22)2-8-3-16-29-20-8/h3,10,13H,2,4-5H2,1H3,(H,17,22)(H,24,25)/t10?,13-/m1/s1. The van der Waals surface area contributed by atoms with Gasteiger partial charge in [-0.2, -0.15) is 8.75 Å². The molecule has 2 aliphatic rings. The molecule has 2 aromatic rings.